The van der Waals surface area contributed by atoms with Gasteiger partial charge >= 0.3 is 0 Å². The largest absolute Gasteiger partial charge is 0.496 e. The molecule has 3 N–H and O–H groups in total. The quantitative estimate of drug-likeness (QED) is 0.725. The van der Waals surface area contributed by atoms with E-state index in [-0.39, 0.29) is 11.9 Å². The second-order valence-corrected chi connectivity index (χ2v) is 6.56. The second-order valence-electron chi connectivity index (χ2n) is 5.71. The number of benzene rings is 2. The number of quaternary nitrogens is 1. The summed E-state index contributed by atoms with van der Waals surface area (Å²) in [5.74, 6) is 0.870. The second kappa shape index (κ2) is 9.45. The zero-order valence-corrected chi connectivity index (χ0v) is 15.7. The Bertz CT molecular complexity index is 662. The third-order valence-corrected chi connectivity index (χ3v) is 4.56. The summed E-state index contributed by atoms with van der Waals surface area (Å²) in [5, 5.41) is 5.00. The molecular weight excluding hydrogens is 368 g/mol. The molecule has 0 heterocycles. The van der Waals surface area contributed by atoms with Crippen LogP contribution in [0.5, 0.6) is 5.75 Å². The van der Waals surface area contributed by atoms with Gasteiger partial charge in [0.05, 0.1) is 11.6 Å². The summed E-state index contributed by atoms with van der Waals surface area (Å²) >= 11 is 3.49. The molecule has 0 aliphatic heterocycles. The first-order valence-electron chi connectivity index (χ1n) is 8.07. The van der Waals surface area contributed by atoms with Gasteiger partial charge in [-0.05, 0) is 53.0 Å². The van der Waals surface area contributed by atoms with Crippen molar-refractivity contribution in [2.24, 2.45) is 0 Å². The number of amides is 1. The monoisotopic (exact) mass is 391 g/mol. The number of halogens is 1. The predicted molar refractivity (Wildman–Crippen MR) is 99.1 cm³/mol. The van der Waals surface area contributed by atoms with E-state index in [0.717, 1.165) is 22.2 Å². The van der Waals surface area contributed by atoms with E-state index in [4.69, 9.17) is 4.74 Å². The maximum absolute atomic E-state index is 12.0. The molecule has 2 aromatic carbocycles. The minimum Gasteiger partial charge on any atom is -0.496 e. The summed E-state index contributed by atoms with van der Waals surface area (Å²) < 4.78 is 6.16. The molecule has 0 fully saturated rings. The van der Waals surface area contributed by atoms with Crippen LogP contribution in [0.15, 0.2) is 53.0 Å². The highest BCUT2D eigenvalue weighted by molar-refractivity contribution is 9.10. The SMILES string of the molecule is COc1ccc([C@@H](C)[NH2+]CC(=O)NCCc2ccccc2)cc1Br. The van der Waals surface area contributed by atoms with E-state index in [1.807, 2.05) is 41.7 Å². The lowest BCUT2D eigenvalue weighted by molar-refractivity contribution is -0.682. The van der Waals surface area contributed by atoms with Gasteiger partial charge in [0, 0.05) is 12.1 Å². The molecule has 1 amide bonds. The van der Waals surface area contributed by atoms with E-state index in [0.29, 0.717) is 13.1 Å². The molecule has 4 nitrogen and oxygen atoms in total. The summed E-state index contributed by atoms with van der Waals surface area (Å²) in [6.07, 6.45) is 0.855. The van der Waals surface area contributed by atoms with Crippen molar-refractivity contribution in [3.05, 3.63) is 64.1 Å². The van der Waals surface area contributed by atoms with Gasteiger partial charge in [-0.1, -0.05) is 30.3 Å². The predicted octanol–water partition coefficient (Wildman–Crippen LogP) is 2.44. The smallest absolute Gasteiger partial charge is 0.275 e. The van der Waals surface area contributed by atoms with Crippen LogP contribution in [0.25, 0.3) is 0 Å². The molecule has 0 saturated heterocycles. The summed E-state index contributed by atoms with van der Waals surface area (Å²) in [5.41, 5.74) is 2.39. The Morgan fingerprint density at radius 3 is 2.67 bits per heavy atom. The van der Waals surface area contributed by atoms with Crippen LogP contribution in [-0.2, 0) is 11.2 Å². The maximum atomic E-state index is 12.0. The third kappa shape index (κ3) is 5.65. The molecule has 5 heteroatoms. The van der Waals surface area contributed by atoms with E-state index < -0.39 is 0 Å². The standard InChI is InChI=1S/C19H23BrN2O2/c1-14(16-8-9-18(24-2)17(20)12-16)22-13-19(23)21-11-10-15-6-4-3-5-7-15/h3-9,12,14,22H,10-11,13H2,1-2H3,(H,21,23)/p+1/t14-/m1/s1. The van der Waals surface area contributed by atoms with Gasteiger partial charge in [-0.15, -0.1) is 0 Å². The average molecular weight is 392 g/mol. The van der Waals surface area contributed by atoms with Crippen LogP contribution >= 0.6 is 15.9 Å². The van der Waals surface area contributed by atoms with Crippen LogP contribution in [0.1, 0.15) is 24.1 Å². The van der Waals surface area contributed by atoms with Gasteiger partial charge < -0.3 is 15.4 Å². The summed E-state index contributed by atoms with van der Waals surface area (Å²) in [4.78, 5) is 12.0. The lowest BCUT2D eigenvalue weighted by atomic mass is 10.1. The van der Waals surface area contributed by atoms with Crippen LogP contribution in [0.2, 0.25) is 0 Å². The zero-order chi connectivity index (χ0) is 17.4. The highest BCUT2D eigenvalue weighted by Gasteiger charge is 2.13. The van der Waals surface area contributed by atoms with Crippen LogP contribution in [0, 0.1) is 0 Å². The molecule has 0 aliphatic carbocycles. The van der Waals surface area contributed by atoms with Crippen LogP contribution in [0.4, 0.5) is 0 Å². The molecule has 0 spiro atoms. The Hall–Kier alpha value is -1.85. The number of hydrogen-bond donors (Lipinski definition) is 2. The van der Waals surface area contributed by atoms with Gasteiger partial charge in [0.1, 0.15) is 11.8 Å². The molecule has 2 aromatic rings. The van der Waals surface area contributed by atoms with Gasteiger partial charge in [-0.25, -0.2) is 0 Å². The van der Waals surface area contributed by atoms with Crippen LogP contribution in [0.3, 0.4) is 0 Å². The fourth-order valence-electron chi connectivity index (χ4n) is 2.45. The Labute approximate surface area is 151 Å². The molecule has 2 rings (SSSR count). The lowest BCUT2D eigenvalue weighted by Crippen LogP contribution is -2.87. The first kappa shape index (κ1) is 18.5. The lowest BCUT2D eigenvalue weighted by Gasteiger charge is -2.13. The number of carbonyl (C=O) groups is 1. The average Bonchev–Trinajstić information content (AvgIpc) is 2.60. The fourth-order valence-corrected chi connectivity index (χ4v) is 3.01. The van der Waals surface area contributed by atoms with Crippen molar-refractivity contribution in [1.29, 1.82) is 0 Å². The van der Waals surface area contributed by atoms with Gasteiger partial charge in [0.15, 0.2) is 6.54 Å². The Kier molecular flexibility index (Phi) is 7.28. The number of methoxy groups -OCH3 is 1. The third-order valence-electron chi connectivity index (χ3n) is 3.94. The van der Waals surface area contributed by atoms with Crippen molar-refractivity contribution in [2.75, 3.05) is 20.2 Å². The number of hydrogen-bond acceptors (Lipinski definition) is 2. The molecule has 0 aromatic heterocycles. The molecule has 128 valence electrons. The number of ether oxygens (including phenoxy) is 1. The van der Waals surface area contributed by atoms with E-state index in [1.165, 1.54) is 5.56 Å². The van der Waals surface area contributed by atoms with Gasteiger partial charge in [0.25, 0.3) is 5.91 Å². The molecule has 24 heavy (non-hydrogen) atoms. The topological polar surface area (TPSA) is 54.9 Å². The summed E-state index contributed by atoms with van der Waals surface area (Å²) in [6.45, 7) is 3.17. The summed E-state index contributed by atoms with van der Waals surface area (Å²) in [6, 6.07) is 16.4. The maximum Gasteiger partial charge on any atom is 0.275 e. The van der Waals surface area contributed by atoms with Crippen molar-refractivity contribution >= 4 is 21.8 Å². The first-order chi connectivity index (χ1) is 11.6. The molecule has 0 unspecified atom stereocenters. The van der Waals surface area contributed by atoms with Gasteiger partial charge in [-0.3, -0.25) is 4.79 Å². The Balaban J connectivity index is 1.73. The van der Waals surface area contributed by atoms with Crippen molar-refractivity contribution < 1.29 is 14.8 Å². The molecule has 0 bridgehead atoms. The Morgan fingerprint density at radius 2 is 2.00 bits per heavy atom. The minimum absolute atomic E-state index is 0.0605. The van der Waals surface area contributed by atoms with E-state index in [9.17, 15) is 4.79 Å². The van der Waals surface area contributed by atoms with E-state index in [2.05, 4.69) is 40.3 Å². The molecule has 0 saturated carbocycles. The van der Waals surface area contributed by atoms with Crippen molar-refractivity contribution in [2.45, 2.75) is 19.4 Å². The Morgan fingerprint density at radius 1 is 1.25 bits per heavy atom. The van der Waals surface area contributed by atoms with Crippen LogP contribution in [-0.4, -0.2) is 26.1 Å². The van der Waals surface area contributed by atoms with Gasteiger partial charge in [-0.2, -0.15) is 0 Å². The van der Waals surface area contributed by atoms with Crippen LogP contribution < -0.4 is 15.4 Å². The highest BCUT2D eigenvalue weighted by Crippen LogP contribution is 2.26. The van der Waals surface area contributed by atoms with Crippen molar-refractivity contribution in [3.63, 3.8) is 0 Å². The van der Waals surface area contributed by atoms with Gasteiger partial charge in [0.2, 0.25) is 0 Å². The number of nitrogens with one attached hydrogen (secondary N) is 1. The van der Waals surface area contributed by atoms with E-state index in [1.54, 1.807) is 7.11 Å². The molecule has 0 radical (unpaired) electrons. The minimum atomic E-state index is 0.0605. The molecular formula is C19H24BrN2O2+. The number of rotatable bonds is 8. The normalized spacial score (nSPS) is 11.8. The van der Waals surface area contributed by atoms with Crippen molar-refractivity contribution in [1.82, 2.24) is 5.32 Å². The van der Waals surface area contributed by atoms with E-state index >= 15 is 0 Å². The van der Waals surface area contributed by atoms with Crippen molar-refractivity contribution in [3.8, 4) is 5.75 Å². The molecule has 1 atom stereocenters. The summed E-state index contributed by atoms with van der Waals surface area (Å²) in [7, 11) is 1.65. The fraction of sp³-hybridized carbons (Fsp3) is 0.316. The zero-order valence-electron chi connectivity index (χ0n) is 14.1. The first-order valence-corrected chi connectivity index (χ1v) is 8.87. The number of carbonyl (C=O) groups excluding carboxylic acids is 1. The number of nitrogens with two attached hydrogens (primary N) is 1. The highest BCUT2D eigenvalue weighted by atomic mass is 79.9. The molecule has 0 aliphatic rings.